The molecule has 0 bridgehead atoms. The zero-order valence-electron chi connectivity index (χ0n) is 15.2. The fourth-order valence-electron chi connectivity index (χ4n) is 2.51. The third-order valence-corrected chi connectivity index (χ3v) is 3.84. The molecule has 2 amide bonds. The van der Waals surface area contributed by atoms with E-state index >= 15 is 0 Å². The number of nitrogens with one attached hydrogen (secondary N) is 1. The summed E-state index contributed by atoms with van der Waals surface area (Å²) in [6, 6.07) is 6.76. The van der Waals surface area contributed by atoms with Crippen LogP contribution in [-0.2, 0) is 16.1 Å². The van der Waals surface area contributed by atoms with Crippen LogP contribution in [0.15, 0.2) is 24.3 Å². The third-order valence-electron chi connectivity index (χ3n) is 3.84. The number of amides is 2. The van der Waals surface area contributed by atoms with Gasteiger partial charge in [-0.05, 0) is 46.1 Å². The molecule has 0 radical (unpaired) electrons. The van der Waals surface area contributed by atoms with Crippen molar-refractivity contribution in [2.24, 2.45) is 0 Å². The standard InChI is InChI=1S/C19H27FN2O3/c1-19(2,3)25-18(24)21-12-6-9-17(23)22(15-10-11-15)13-14-7-4-5-8-16(14)20/h4-5,7-8,15H,6,9-13H2,1-3H3,(H,21,24). The van der Waals surface area contributed by atoms with Gasteiger partial charge in [-0.2, -0.15) is 0 Å². The lowest BCUT2D eigenvalue weighted by Crippen LogP contribution is -2.35. The van der Waals surface area contributed by atoms with Crippen LogP contribution in [0.5, 0.6) is 0 Å². The number of hydrogen-bond donors (Lipinski definition) is 1. The van der Waals surface area contributed by atoms with Crippen LogP contribution in [0.25, 0.3) is 0 Å². The average Bonchev–Trinajstić information content (AvgIpc) is 3.33. The lowest BCUT2D eigenvalue weighted by atomic mass is 10.1. The summed E-state index contributed by atoms with van der Waals surface area (Å²) >= 11 is 0. The predicted octanol–water partition coefficient (Wildman–Crippen LogP) is 3.62. The molecule has 0 unspecified atom stereocenters. The van der Waals surface area contributed by atoms with Gasteiger partial charge in [0.2, 0.25) is 5.91 Å². The molecule has 138 valence electrons. The second-order valence-electron chi connectivity index (χ2n) is 7.38. The number of ether oxygens (including phenoxy) is 1. The highest BCUT2D eigenvalue weighted by Crippen LogP contribution is 2.29. The summed E-state index contributed by atoms with van der Waals surface area (Å²) in [6.07, 6.45) is 2.30. The minimum absolute atomic E-state index is 0.00302. The molecule has 0 atom stereocenters. The van der Waals surface area contributed by atoms with Crippen LogP contribution in [0, 0.1) is 5.82 Å². The van der Waals surface area contributed by atoms with Crippen molar-refractivity contribution in [3.8, 4) is 0 Å². The molecule has 5 nitrogen and oxygen atoms in total. The van der Waals surface area contributed by atoms with Crippen LogP contribution in [0.1, 0.15) is 52.0 Å². The van der Waals surface area contributed by atoms with Gasteiger partial charge in [0, 0.05) is 31.1 Å². The van der Waals surface area contributed by atoms with Crippen LogP contribution < -0.4 is 5.32 Å². The molecule has 1 aliphatic rings. The Morgan fingerprint density at radius 1 is 1.28 bits per heavy atom. The zero-order chi connectivity index (χ0) is 18.4. The molecule has 0 aliphatic heterocycles. The summed E-state index contributed by atoms with van der Waals surface area (Å²) < 4.78 is 19.0. The van der Waals surface area contributed by atoms with Crippen LogP contribution in [0.4, 0.5) is 9.18 Å². The first-order valence-corrected chi connectivity index (χ1v) is 8.76. The van der Waals surface area contributed by atoms with E-state index in [9.17, 15) is 14.0 Å². The molecule has 2 rings (SSSR count). The van der Waals surface area contributed by atoms with Crippen molar-refractivity contribution in [2.75, 3.05) is 6.54 Å². The smallest absolute Gasteiger partial charge is 0.407 e. The van der Waals surface area contributed by atoms with Crippen molar-refractivity contribution in [3.63, 3.8) is 0 Å². The molecule has 1 N–H and O–H groups in total. The highest BCUT2D eigenvalue weighted by molar-refractivity contribution is 5.77. The third kappa shape index (κ3) is 6.72. The summed E-state index contributed by atoms with van der Waals surface area (Å²) in [4.78, 5) is 25.8. The summed E-state index contributed by atoms with van der Waals surface area (Å²) in [5.41, 5.74) is -0.00256. The topological polar surface area (TPSA) is 58.6 Å². The van der Waals surface area contributed by atoms with Gasteiger partial charge in [0.1, 0.15) is 11.4 Å². The fourth-order valence-corrected chi connectivity index (χ4v) is 2.51. The van der Waals surface area contributed by atoms with E-state index in [1.165, 1.54) is 6.07 Å². The van der Waals surface area contributed by atoms with Gasteiger partial charge < -0.3 is 15.0 Å². The van der Waals surface area contributed by atoms with E-state index in [0.29, 0.717) is 31.5 Å². The second kappa shape index (κ2) is 8.32. The molecule has 0 heterocycles. The number of benzene rings is 1. The van der Waals surface area contributed by atoms with Gasteiger partial charge in [-0.1, -0.05) is 18.2 Å². The predicted molar refractivity (Wildman–Crippen MR) is 93.4 cm³/mol. The minimum atomic E-state index is -0.539. The van der Waals surface area contributed by atoms with Crippen LogP contribution in [0.2, 0.25) is 0 Å². The van der Waals surface area contributed by atoms with E-state index in [1.807, 2.05) is 0 Å². The van der Waals surface area contributed by atoms with Gasteiger partial charge in [-0.15, -0.1) is 0 Å². The maximum atomic E-state index is 13.8. The molecular formula is C19H27FN2O3. The monoisotopic (exact) mass is 350 g/mol. The average molecular weight is 350 g/mol. The normalized spacial score (nSPS) is 14.1. The number of carbonyl (C=O) groups is 2. The number of rotatable bonds is 7. The number of hydrogen-bond acceptors (Lipinski definition) is 3. The first-order chi connectivity index (χ1) is 11.8. The molecule has 1 saturated carbocycles. The molecule has 25 heavy (non-hydrogen) atoms. The van der Waals surface area contributed by atoms with Crippen molar-refractivity contribution in [3.05, 3.63) is 35.6 Å². The number of nitrogens with zero attached hydrogens (tertiary/aromatic N) is 1. The van der Waals surface area contributed by atoms with E-state index < -0.39 is 11.7 Å². The fraction of sp³-hybridized carbons (Fsp3) is 0.579. The van der Waals surface area contributed by atoms with Crippen LogP contribution in [-0.4, -0.2) is 35.1 Å². The van der Waals surface area contributed by atoms with Gasteiger partial charge >= 0.3 is 6.09 Å². The lowest BCUT2D eigenvalue weighted by Gasteiger charge is -2.23. The highest BCUT2D eigenvalue weighted by Gasteiger charge is 2.32. The second-order valence-corrected chi connectivity index (χ2v) is 7.38. The Labute approximate surface area is 148 Å². The van der Waals surface area contributed by atoms with E-state index in [2.05, 4.69) is 5.32 Å². The summed E-state index contributed by atoms with van der Waals surface area (Å²) in [5, 5.41) is 2.65. The maximum Gasteiger partial charge on any atom is 0.407 e. The Bertz CT molecular complexity index is 609. The van der Waals surface area contributed by atoms with Crippen molar-refractivity contribution in [1.29, 1.82) is 0 Å². The van der Waals surface area contributed by atoms with Gasteiger partial charge in [-0.3, -0.25) is 4.79 Å². The molecule has 1 fully saturated rings. The lowest BCUT2D eigenvalue weighted by molar-refractivity contribution is -0.132. The van der Waals surface area contributed by atoms with E-state index in [-0.39, 0.29) is 17.8 Å². The van der Waals surface area contributed by atoms with Gasteiger partial charge in [0.25, 0.3) is 0 Å². The van der Waals surface area contributed by atoms with Crippen molar-refractivity contribution in [1.82, 2.24) is 10.2 Å². The van der Waals surface area contributed by atoms with Gasteiger partial charge in [0.05, 0.1) is 0 Å². The van der Waals surface area contributed by atoms with E-state index in [0.717, 1.165) is 12.8 Å². The van der Waals surface area contributed by atoms with Crippen LogP contribution >= 0.6 is 0 Å². The Morgan fingerprint density at radius 2 is 1.96 bits per heavy atom. The van der Waals surface area contributed by atoms with E-state index in [4.69, 9.17) is 4.74 Å². The summed E-state index contributed by atoms with van der Waals surface area (Å²) in [7, 11) is 0. The summed E-state index contributed by atoms with van der Waals surface area (Å²) in [6.45, 7) is 6.07. The zero-order valence-corrected chi connectivity index (χ0v) is 15.2. The van der Waals surface area contributed by atoms with Gasteiger partial charge in [0.15, 0.2) is 0 Å². The SMILES string of the molecule is CC(C)(C)OC(=O)NCCCC(=O)N(Cc1ccccc1F)C1CC1. The van der Waals surface area contributed by atoms with E-state index in [1.54, 1.807) is 43.9 Å². The van der Waals surface area contributed by atoms with Crippen molar-refractivity contribution >= 4 is 12.0 Å². The van der Waals surface area contributed by atoms with Crippen molar-refractivity contribution in [2.45, 2.75) is 64.6 Å². The molecular weight excluding hydrogens is 323 g/mol. The molecule has 1 aliphatic carbocycles. The number of halogens is 1. The minimum Gasteiger partial charge on any atom is -0.444 e. The maximum absolute atomic E-state index is 13.8. The number of carbonyl (C=O) groups excluding carboxylic acids is 2. The van der Waals surface area contributed by atoms with Crippen LogP contribution in [0.3, 0.4) is 0 Å². The Balaban J connectivity index is 1.78. The molecule has 1 aromatic carbocycles. The van der Waals surface area contributed by atoms with Crippen molar-refractivity contribution < 1.29 is 18.7 Å². The quantitative estimate of drug-likeness (QED) is 0.764. The first-order valence-electron chi connectivity index (χ1n) is 8.76. The first kappa shape index (κ1) is 19.2. The Kier molecular flexibility index (Phi) is 6.39. The molecule has 6 heteroatoms. The van der Waals surface area contributed by atoms with Gasteiger partial charge in [-0.25, -0.2) is 9.18 Å². The highest BCUT2D eigenvalue weighted by atomic mass is 19.1. The number of alkyl carbamates (subject to hydrolysis) is 1. The Hall–Kier alpha value is -2.11. The molecule has 0 aromatic heterocycles. The summed E-state index contributed by atoms with van der Waals surface area (Å²) in [5.74, 6) is -0.288. The molecule has 0 spiro atoms. The Morgan fingerprint density at radius 3 is 2.56 bits per heavy atom. The molecule has 1 aromatic rings. The molecule has 0 saturated heterocycles. The largest absolute Gasteiger partial charge is 0.444 e.